The Morgan fingerprint density at radius 2 is 2.07 bits per heavy atom. The third-order valence-electron chi connectivity index (χ3n) is 2.86. The predicted octanol–water partition coefficient (Wildman–Crippen LogP) is 0.821. The smallest absolute Gasteiger partial charge is 0.225 e. The second-order valence-electron chi connectivity index (χ2n) is 4.12. The Bertz CT molecular complexity index is 439. The molecule has 3 N–H and O–H groups in total. The van der Waals surface area contributed by atoms with E-state index in [1.807, 2.05) is 0 Å². The van der Waals surface area contributed by atoms with Gasteiger partial charge in [-0.2, -0.15) is 0 Å². The van der Waals surface area contributed by atoms with E-state index in [0.717, 1.165) is 24.2 Å². The molecule has 1 amide bonds. The Hall–Kier alpha value is -1.65. The number of hydrogen-bond donors (Lipinski definition) is 2. The van der Waals surface area contributed by atoms with Crippen molar-refractivity contribution in [2.75, 3.05) is 11.1 Å². The highest BCUT2D eigenvalue weighted by molar-refractivity contribution is 5.93. The van der Waals surface area contributed by atoms with Crippen LogP contribution in [-0.4, -0.2) is 15.9 Å². The maximum Gasteiger partial charge on any atom is 0.225 e. The van der Waals surface area contributed by atoms with Gasteiger partial charge in [-0.15, -0.1) is 0 Å². The number of aromatic nitrogens is 2. The molecular formula is C10H12N4O. The molecule has 1 aromatic rings. The van der Waals surface area contributed by atoms with E-state index in [-0.39, 0.29) is 5.91 Å². The molecule has 0 atom stereocenters. The van der Waals surface area contributed by atoms with Gasteiger partial charge < -0.3 is 11.1 Å². The van der Waals surface area contributed by atoms with Crippen LogP contribution in [0.5, 0.6) is 0 Å². The molecule has 2 heterocycles. The van der Waals surface area contributed by atoms with Gasteiger partial charge in [-0.1, -0.05) is 0 Å². The number of amides is 1. The zero-order chi connectivity index (χ0) is 10.4. The predicted molar refractivity (Wildman–Crippen MR) is 55.4 cm³/mol. The van der Waals surface area contributed by atoms with Gasteiger partial charge >= 0.3 is 0 Å². The summed E-state index contributed by atoms with van der Waals surface area (Å²) in [6, 6.07) is 0. The van der Waals surface area contributed by atoms with Crippen molar-refractivity contribution in [1.29, 1.82) is 0 Å². The molecule has 15 heavy (non-hydrogen) atoms. The fraction of sp³-hybridized carbons (Fsp3) is 0.500. The Morgan fingerprint density at radius 1 is 1.27 bits per heavy atom. The molecule has 0 unspecified atom stereocenters. The van der Waals surface area contributed by atoms with Crippen LogP contribution in [0.15, 0.2) is 0 Å². The summed E-state index contributed by atoms with van der Waals surface area (Å²) in [6.07, 6.45) is 3.39. The van der Waals surface area contributed by atoms with Crippen LogP contribution in [0.2, 0.25) is 0 Å². The Labute approximate surface area is 87.1 Å². The summed E-state index contributed by atoms with van der Waals surface area (Å²) in [5.41, 5.74) is 6.74. The molecule has 0 spiro atoms. The SMILES string of the molecule is Nc1nc(C2CC2)nc2c1CCC(=O)N2. The van der Waals surface area contributed by atoms with E-state index in [1.54, 1.807) is 0 Å². The number of fused-ring (bicyclic) bond motifs is 1. The lowest BCUT2D eigenvalue weighted by Gasteiger charge is -2.17. The molecule has 1 aliphatic carbocycles. The second kappa shape index (κ2) is 2.92. The van der Waals surface area contributed by atoms with Gasteiger partial charge in [0.25, 0.3) is 0 Å². The number of nitrogen functional groups attached to an aromatic ring is 1. The van der Waals surface area contributed by atoms with Gasteiger partial charge in [-0.25, -0.2) is 9.97 Å². The fourth-order valence-electron chi connectivity index (χ4n) is 1.83. The number of nitrogens with one attached hydrogen (secondary N) is 1. The Balaban J connectivity index is 2.06. The molecular weight excluding hydrogens is 192 g/mol. The maximum atomic E-state index is 11.2. The first kappa shape index (κ1) is 8.64. The summed E-state index contributed by atoms with van der Waals surface area (Å²) in [4.78, 5) is 19.9. The number of anilines is 2. The average molecular weight is 204 g/mol. The van der Waals surface area contributed by atoms with Crippen LogP contribution in [0.1, 0.15) is 36.6 Å². The van der Waals surface area contributed by atoms with Crippen molar-refractivity contribution >= 4 is 17.5 Å². The number of hydrogen-bond acceptors (Lipinski definition) is 4. The zero-order valence-corrected chi connectivity index (χ0v) is 8.29. The first-order valence-electron chi connectivity index (χ1n) is 5.20. The third kappa shape index (κ3) is 1.44. The van der Waals surface area contributed by atoms with Crippen LogP contribution >= 0.6 is 0 Å². The van der Waals surface area contributed by atoms with E-state index in [2.05, 4.69) is 15.3 Å². The average Bonchev–Trinajstić information content (AvgIpc) is 2.99. The molecule has 0 saturated heterocycles. The first-order valence-corrected chi connectivity index (χ1v) is 5.20. The quantitative estimate of drug-likeness (QED) is 0.709. The highest BCUT2D eigenvalue weighted by Crippen LogP contribution is 2.39. The van der Waals surface area contributed by atoms with Gasteiger partial charge in [0.15, 0.2) is 0 Å². The highest BCUT2D eigenvalue weighted by atomic mass is 16.1. The first-order chi connectivity index (χ1) is 7.24. The largest absolute Gasteiger partial charge is 0.383 e. The molecule has 1 saturated carbocycles. The summed E-state index contributed by atoms with van der Waals surface area (Å²) in [7, 11) is 0. The van der Waals surface area contributed by atoms with Gasteiger partial charge in [-0.05, 0) is 19.3 Å². The molecule has 1 aliphatic heterocycles. The van der Waals surface area contributed by atoms with E-state index in [4.69, 9.17) is 5.73 Å². The van der Waals surface area contributed by atoms with Crippen molar-refractivity contribution in [3.63, 3.8) is 0 Å². The van der Waals surface area contributed by atoms with Gasteiger partial charge in [0.2, 0.25) is 5.91 Å². The number of carbonyl (C=O) groups excluding carboxylic acids is 1. The lowest BCUT2D eigenvalue weighted by atomic mass is 10.1. The van der Waals surface area contributed by atoms with E-state index < -0.39 is 0 Å². The lowest BCUT2D eigenvalue weighted by molar-refractivity contribution is -0.116. The number of nitrogens with two attached hydrogens (primary N) is 1. The van der Waals surface area contributed by atoms with Crippen LogP contribution in [0, 0.1) is 0 Å². The zero-order valence-electron chi connectivity index (χ0n) is 8.29. The van der Waals surface area contributed by atoms with Crippen LogP contribution in [0.25, 0.3) is 0 Å². The normalized spacial score (nSPS) is 19.6. The molecule has 5 nitrogen and oxygen atoms in total. The van der Waals surface area contributed by atoms with Crippen LogP contribution in [-0.2, 0) is 11.2 Å². The lowest BCUT2D eigenvalue weighted by Crippen LogP contribution is -2.22. The molecule has 78 valence electrons. The number of rotatable bonds is 1. The summed E-state index contributed by atoms with van der Waals surface area (Å²) >= 11 is 0. The Morgan fingerprint density at radius 3 is 2.80 bits per heavy atom. The van der Waals surface area contributed by atoms with E-state index in [9.17, 15) is 4.79 Å². The van der Waals surface area contributed by atoms with Crippen molar-refractivity contribution in [2.45, 2.75) is 31.6 Å². The second-order valence-corrected chi connectivity index (χ2v) is 4.12. The maximum absolute atomic E-state index is 11.2. The van der Waals surface area contributed by atoms with Crippen molar-refractivity contribution in [3.05, 3.63) is 11.4 Å². The van der Waals surface area contributed by atoms with Crippen LogP contribution in [0.4, 0.5) is 11.6 Å². The van der Waals surface area contributed by atoms with Gasteiger partial charge in [-0.3, -0.25) is 4.79 Å². The van der Waals surface area contributed by atoms with Crippen molar-refractivity contribution in [2.24, 2.45) is 0 Å². The minimum atomic E-state index is 0.0161. The van der Waals surface area contributed by atoms with Crippen LogP contribution in [0.3, 0.4) is 0 Å². The molecule has 0 radical (unpaired) electrons. The van der Waals surface area contributed by atoms with E-state index in [1.165, 1.54) is 0 Å². The molecule has 0 bridgehead atoms. The molecule has 5 heteroatoms. The molecule has 1 fully saturated rings. The van der Waals surface area contributed by atoms with Crippen molar-refractivity contribution < 1.29 is 4.79 Å². The van der Waals surface area contributed by atoms with E-state index >= 15 is 0 Å². The summed E-state index contributed by atoms with van der Waals surface area (Å²) in [5.74, 6) is 2.41. The molecule has 2 aliphatic rings. The molecule has 1 aromatic heterocycles. The summed E-state index contributed by atoms with van der Waals surface area (Å²) in [6.45, 7) is 0. The topological polar surface area (TPSA) is 80.9 Å². The van der Waals surface area contributed by atoms with E-state index in [0.29, 0.717) is 30.4 Å². The van der Waals surface area contributed by atoms with Crippen LogP contribution < -0.4 is 11.1 Å². The minimum absolute atomic E-state index is 0.0161. The van der Waals surface area contributed by atoms with Gasteiger partial charge in [0, 0.05) is 17.9 Å². The van der Waals surface area contributed by atoms with Crippen molar-refractivity contribution in [1.82, 2.24) is 9.97 Å². The van der Waals surface area contributed by atoms with Crippen molar-refractivity contribution in [3.8, 4) is 0 Å². The third-order valence-corrected chi connectivity index (χ3v) is 2.86. The Kier molecular flexibility index (Phi) is 1.68. The minimum Gasteiger partial charge on any atom is -0.383 e. The standard InChI is InChI=1S/C10H12N4O/c11-8-6-3-4-7(15)12-10(6)14-9(13-8)5-1-2-5/h5H,1-4H2,(H3,11,12,13,14,15). The summed E-state index contributed by atoms with van der Waals surface area (Å²) < 4.78 is 0. The monoisotopic (exact) mass is 204 g/mol. The number of nitrogens with zero attached hydrogens (tertiary/aromatic N) is 2. The molecule has 3 rings (SSSR count). The number of carbonyl (C=O) groups is 1. The fourth-order valence-corrected chi connectivity index (χ4v) is 1.83. The summed E-state index contributed by atoms with van der Waals surface area (Å²) in [5, 5.41) is 2.75. The van der Waals surface area contributed by atoms with Gasteiger partial charge in [0.1, 0.15) is 17.5 Å². The molecule has 0 aromatic carbocycles. The van der Waals surface area contributed by atoms with Gasteiger partial charge in [0.05, 0.1) is 0 Å². The highest BCUT2D eigenvalue weighted by Gasteiger charge is 2.29.